The van der Waals surface area contributed by atoms with E-state index in [4.69, 9.17) is 11.6 Å². The lowest BCUT2D eigenvalue weighted by molar-refractivity contribution is -0.118. The Balaban J connectivity index is 1.38. The molecule has 0 aliphatic carbocycles. The molecule has 0 saturated carbocycles. The van der Waals surface area contributed by atoms with Crippen LogP contribution in [0.5, 0.6) is 0 Å². The van der Waals surface area contributed by atoms with E-state index in [0.29, 0.717) is 32.7 Å². The lowest BCUT2D eigenvalue weighted by Gasteiger charge is -2.16. The maximum Gasteiger partial charge on any atom is 0.291 e. The van der Waals surface area contributed by atoms with E-state index in [-0.39, 0.29) is 22.6 Å². The number of benzene rings is 3. The molecule has 0 spiro atoms. The Morgan fingerprint density at radius 1 is 1.03 bits per heavy atom. The molecule has 3 aromatic carbocycles. The van der Waals surface area contributed by atoms with Crippen LogP contribution in [0.2, 0.25) is 5.02 Å². The molecule has 1 aliphatic rings. The number of amides is 2. The molecule has 0 atom stereocenters. The molecule has 182 valence electrons. The Morgan fingerprint density at radius 2 is 1.81 bits per heavy atom. The smallest absolute Gasteiger partial charge is 0.291 e. The van der Waals surface area contributed by atoms with Crippen LogP contribution >= 0.6 is 22.9 Å². The van der Waals surface area contributed by atoms with Gasteiger partial charge in [-0.3, -0.25) is 19.3 Å². The Bertz CT molecular complexity index is 1830. The maximum absolute atomic E-state index is 13.6. The normalized spacial score (nSPS) is 14.3. The van der Waals surface area contributed by atoms with E-state index < -0.39 is 11.5 Å². The second kappa shape index (κ2) is 8.95. The summed E-state index contributed by atoms with van der Waals surface area (Å²) in [7, 11) is 0. The van der Waals surface area contributed by atoms with Gasteiger partial charge in [0.25, 0.3) is 11.5 Å². The predicted octanol–water partition coefficient (Wildman–Crippen LogP) is 3.68. The number of aryl methyl sites for hydroxylation is 1. The number of halogens is 1. The molecule has 10 heteroatoms. The third kappa shape index (κ3) is 4.08. The predicted molar refractivity (Wildman–Crippen MR) is 144 cm³/mol. The number of nitrogens with one attached hydrogen (secondary N) is 1. The fourth-order valence-electron chi connectivity index (χ4n) is 4.33. The first-order chi connectivity index (χ1) is 17.9. The van der Waals surface area contributed by atoms with Crippen LogP contribution in [0.3, 0.4) is 0 Å². The first kappa shape index (κ1) is 23.1. The van der Waals surface area contributed by atoms with E-state index in [1.54, 1.807) is 54.6 Å². The minimum atomic E-state index is -0.433. The number of hydrogen-bond acceptors (Lipinski definition) is 6. The summed E-state index contributed by atoms with van der Waals surface area (Å²) in [5, 5.41) is 7.79. The van der Waals surface area contributed by atoms with Crippen LogP contribution in [-0.4, -0.2) is 33.0 Å². The summed E-state index contributed by atoms with van der Waals surface area (Å²) in [5.74, 6) is -0.364. The Hall–Kier alpha value is -4.34. The minimum Gasteiger partial charge on any atom is -0.325 e. The number of carbonyl (C=O) groups is 2. The number of carbonyl (C=O) groups excluding carboxylic acids is 2. The number of nitrogens with zero attached hydrogens (tertiary/aromatic N) is 4. The average Bonchev–Trinajstić information content (AvgIpc) is 3.51. The Labute approximate surface area is 219 Å². The molecule has 2 aromatic heterocycles. The zero-order valence-corrected chi connectivity index (χ0v) is 21.0. The maximum atomic E-state index is 13.6. The highest BCUT2D eigenvalue weighted by Gasteiger charge is 2.35. The van der Waals surface area contributed by atoms with Crippen molar-refractivity contribution in [3.63, 3.8) is 0 Å². The SMILES string of the molecule is Cc1cccc(NC(=O)CN2C(=O)C(=c3sc4nc(-c5ccc(Cl)cc5)nn4c3=O)c3ccccc32)c1. The molecule has 0 radical (unpaired) electrons. The molecule has 0 saturated heterocycles. The van der Waals surface area contributed by atoms with Crippen LogP contribution in [-0.2, 0) is 9.59 Å². The molecule has 1 aliphatic heterocycles. The number of hydrogen-bond donors (Lipinski definition) is 1. The van der Waals surface area contributed by atoms with Gasteiger partial charge in [-0.25, -0.2) is 0 Å². The van der Waals surface area contributed by atoms with Gasteiger partial charge in [-0.2, -0.15) is 9.50 Å². The highest BCUT2D eigenvalue weighted by molar-refractivity contribution is 7.15. The molecule has 1 N–H and O–H groups in total. The number of fused-ring (bicyclic) bond motifs is 2. The molecule has 8 nitrogen and oxygen atoms in total. The first-order valence-corrected chi connectivity index (χ1v) is 12.6. The van der Waals surface area contributed by atoms with Crippen LogP contribution < -0.4 is 20.3 Å². The summed E-state index contributed by atoms with van der Waals surface area (Å²) >= 11 is 7.06. The van der Waals surface area contributed by atoms with Crippen molar-refractivity contribution >= 4 is 56.7 Å². The zero-order chi connectivity index (χ0) is 25.7. The van der Waals surface area contributed by atoms with Gasteiger partial charge >= 0.3 is 0 Å². The van der Waals surface area contributed by atoms with Crippen molar-refractivity contribution in [3.05, 3.63) is 104 Å². The van der Waals surface area contributed by atoms with Gasteiger partial charge in [0.1, 0.15) is 11.1 Å². The third-order valence-electron chi connectivity index (χ3n) is 6.01. The van der Waals surface area contributed by atoms with Crippen molar-refractivity contribution in [3.8, 4) is 11.4 Å². The Kier molecular flexibility index (Phi) is 5.58. The van der Waals surface area contributed by atoms with E-state index >= 15 is 0 Å². The molecule has 0 fully saturated rings. The number of aromatic nitrogens is 3. The van der Waals surface area contributed by atoms with Crippen LogP contribution in [0.4, 0.5) is 11.4 Å². The van der Waals surface area contributed by atoms with Crippen molar-refractivity contribution in [1.82, 2.24) is 14.6 Å². The largest absolute Gasteiger partial charge is 0.325 e. The third-order valence-corrected chi connectivity index (χ3v) is 7.30. The van der Waals surface area contributed by atoms with Crippen molar-refractivity contribution in [2.45, 2.75) is 6.92 Å². The summed E-state index contributed by atoms with van der Waals surface area (Å²) < 4.78 is 1.44. The molecule has 37 heavy (non-hydrogen) atoms. The standard InChI is InChI=1S/C27H18ClN5O3S/c1-15-5-4-6-18(13-15)29-21(34)14-32-20-8-3-2-7-19(20)22(25(32)35)23-26(36)33-27(37-23)30-24(31-33)16-9-11-17(28)12-10-16/h2-13H,14H2,1H3,(H,29,34). The monoisotopic (exact) mass is 527 g/mol. The van der Waals surface area contributed by atoms with Crippen molar-refractivity contribution in [2.24, 2.45) is 0 Å². The fourth-order valence-corrected chi connectivity index (χ4v) is 5.45. The van der Waals surface area contributed by atoms with Crippen LogP contribution in [0.25, 0.3) is 21.9 Å². The summed E-state index contributed by atoms with van der Waals surface area (Å²) in [6, 6.07) is 21.6. The van der Waals surface area contributed by atoms with Crippen LogP contribution in [0.1, 0.15) is 11.1 Å². The second-order valence-corrected chi connectivity index (χ2v) is 9.99. The van der Waals surface area contributed by atoms with E-state index in [9.17, 15) is 14.4 Å². The highest BCUT2D eigenvalue weighted by atomic mass is 35.5. The van der Waals surface area contributed by atoms with Gasteiger partial charge < -0.3 is 5.32 Å². The molecule has 6 rings (SSSR count). The number of para-hydroxylation sites is 1. The average molecular weight is 528 g/mol. The quantitative estimate of drug-likeness (QED) is 0.384. The first-order valence-electron chi connectivity index (χ1n) is 11.4. The van der Waals surface area contributed by atoms with Gasteiger partial charge in [0.15, 0.2) is 5.82 Å². The molecule has 3 heterocycles. The van der Waals surface area contributed by atoms with Crippen LogP contribution in [0, 0.1) is 6.92 Å². The number of rotatable bonds is 4. The lowest BCUT2D eigenvalue weighted by Crippen LogP contribution is -2.37. The number of thiazole rings is 1. The molecule has 5 aromatic rings. The van der Waals surface area contributed by atoms with E-state index in [2.05, 4.69) is 15.4 Å². The van der Waals surface area contributed by atoms with Crippen molar-refractivity contribution in [2.75, 3.05) is 16.8 Å². The highest BCUT2D eigenvalue weighted by Crippen LogP contribution is 2.35. The topological polar surface area (TPSA) is 96.7 Å². The molecule has 0 unspecified atom stereocenters. The summed E-state index contributed by atoms with van der Waals surface area (Å²) in [6.45, 7) is 1.74. The van der Waals surface area contributed by atoms with Crippen molar-refractivity contribution < 1.29 is 9.59 Å². The Morgan fingerprint density at radius 3 is 2.57 bits per heavy atom. The fraction of sp³-hybridized carbons (Fsp3) is 0.0741. The van der Waals surface area contributed by atoms with Gasteiger partial charge in [0, 0.05) is 21.8 Å². The second-order valence-electron chi connectivity index (χ2n) is 8.57. The number of anilines is 2. The molecule has 0 bridgehead atoms. The van der Waals surface area contributed by atoms with E-state index in [1.807, 2.05) is 25.1 Å². The van der Waals surface area contributed by atoms with Gasteiger partial charge in [-0.05, 0) is 55.0 Å². The zero-order valence-electron chi connectivity index (χ0n) is 19.4. The van der Waals surface area contributed by atoms with Gasteiger partial charge in [-0.15, -0.1) is 5.10 Å². The van der Waals surface area contributed by atoms with Gasteiger partial charge in [-0.1, -0.05) is 53.3 Å². The lowest BCUT2D eigenvalue weighted by atomic mass is 10.1. The van der Waals surface area contributed by atoms with E-state index in [1.165, 1.54) is 9.42 Å². The van der Waals surface area contributed by atoms with Gasteiger partial charge in [0.2, 0.25) is 10.9 Å². The van der Waals surface area contributed by atoms with Gasteiger partial charge in [0.05, 0.1) is 11.3 Å². The molecular weight excluding hydrogens is 510 g/mol. The summed E-state index contributed by atoms with van der Waals surface area (Å²) in [6.07, 6.45) is 0. The van der Waals surface area contributed by atoms with Crippen LogP contribution in [0.15, 0.2) is 77.6 Å². The van der Waals surface area contributed by atoms with Crippen molar-refractivity contribution in [1.29, 1.82) is 0 Å². The summed E-state index contributed by atoms with van der Waals surface area (Å²) in [4.78, 5) is 46.0. The molecular formula is C27H18ClN5O3S. The molecule has 2 amide bonds. The summed E-state index contributed by atoms with van der Waals surface area (Å²) in [5.41, 5.74) is 3.36. The minimum absolute atomic E-state index is 0.192. The van der Waals surface area contributed by atoms with E-state index in [0.717, 1.165) is 22.5 Å².